The lowest BCUT2D eigenvalue weighted by atomic mass is 10.0. The van der Waals surface area contributed by atoms with Gasteiger partial charge in [0.1, 0.15) is 28.2 Å². The Hall–Kier alpha value is -3.17. The van der Waals surface area contributed by atoms with E-state index in [1.807, 2.05) is 6.92 Å². The number of aliphatic hydroxyl groups excluding tert-OH is 1. The minimum absolute atomic E-state index is 0.0618. The fourth-order valence-corrected chi connectivity index (χ4v) is 6.73. The maximum absolute atomic E-state index is 13.7. The number of amides is 2. The van der Waals surface area contributed by atoms with E-state index in [9.17, 15) is 27.8 Å². The maximum atomic E-state index is 13.7. The van der Waals surface area contributed by atoms with Crippen molar-refractivity contribution in [2.24, 2.45) is 5.92 Å². The van der Waals surface area contributed by atoms with Crippen LogP contribution in [-0.4, -0.2) is 78.4 Å². The molecule has 3 atom stereocenters. The number of nitrogens with one attached hydrogen (secondary N) is 1. The van der Waals surface area contributed by atoms with Crippen LogP contribution in [0, 0.1) is 23.6 Å². The number of benzene rings is 2. The Morgan fingerprint density at radius 2 is 1.93 bits per heavy atom. The van der Waals surface area contributed by atoms with Gasteiger partial charge in [0.15, 0.2) is 0 Å². The van der Waals surface area contributed by atoms with Crippen LogP contribution in [0.2, 0.25) is 0 Å². The second-order valence-electron chi connectivity index (χ2n) is 10.7. The Morgan fingerprint density at radius 1 is 1.25 bits per heavy atom. The molecular formula is C29H36FN3O6S. The molecule has 1 saturated carbocycles. The molecule has 0 unspecified atom stereocenters. The minimum Gasteiger partial charge on any atom is -0.487 e. The fraction of sp³-hybridized carbons (Fsp3) is 0.483. The van der Waals surface area contributed by atoms with Crippen LogP contribution in [0.4, 0.5) is 14.9 Å². The van der Waals surface area contributed by atoms with Gasteiger partial charge in [-0.25, -0.2) is 17.6 Å². The summed E-state index contributed by atoms with van der Waals surface area (Å²) in [6.07, 6.45) is 2.37. The molecule has 2 aliphatic rings. The average molecular weight is 574 g/mol. The van der Waals surface area contributed by atoms with Gasteiger partial charge in [-0.2, -0.15) is 4.31 Å². The van der Waals surface area contributed by atoms with Gasteiger partial charge in [-0.15, -0.1) is 0 Å². The quantitative estimate of drug-likeness (QED) is 0.472. The van der Waals surface area contributed by atoms with Crippen molar-refractivity contribution in [1.29, 1.82) is 0 Å². The zero-order chi connectivity index (χ0) is 29.1. The van der Waals surface area contributed by atoms with Crippen LogP contribution >= 0.6 is 0 Å². The van der Waals surface area contributed by atoms with Crippen molar-refractivity contribution in [1.82, 2.24) is 9.21 Å². The van der Waals surface area contributed by atoms with Gasteiger partial charge in [0.05, 0.1) is 13.2 Å². The fourth-order valence-electron chi connectivity index (χ4n) is 4.90. The number of nitrogens with zero attached hydrogens (tertiary/aromatic N) is 2. The van der Waals surface area contributed by atoms with E-state index in [0.29, 0.717) is 24.1 Å². The first-order valence-electron chi connectivity index (χ1n) is 13.4. The van der Waals surface area contributed by atoms with Crippen LogP contribution in [0.5, 0.6) is 5.75 Å². The third-order valence-electron chi connectivity index (χ3n) is 7.43. The first-order chi connectivity index (χ1) is 18.9. The molecule has 1 aliphatic carbocycles. The summed E-state index contributed by atoms with van der Waals surface area (Å²) in [5, 5.41) is 23.2. The van der Waals surface area contributed by atoms with E-state index < -0.39 is 39.6 Å². The number of sulfonamides is 1. The smallest absolute Gasteiger partial charge is 0.321 e. The van der Waals surface area contributed by atoms with Gasteiger partial charge >= 0.3 is 6.03 Å². The summed E-state index contributed by atoms with van der Waals surface area (Å²) in [5.41, 5.74) is -0.135. The molecule has 11 heteroatoms. The summed E-state index contributed by atoms with van der Waals surface area (Å²) < 4.78 is 48.2. The molecule has 4 rings (SSSR count). The van der Waals surface area contributed by atoms with Gasteiger partial charge in [-0.05, 0) is 75.1 Å². The van der Waals surface area contributed by atoms with Crippen molar-refractivity contribution < 1.29 is 32.6 Å². The van der Waals surface area contributed by atoms with Crippen molar-refractivity contribution >= 4 is 21.7 Å². The molecule has 2 amide bonds. The molecule has 0 aromatic heterocycles. The average Bonchev–Trinajstić information content (AvgIpc) is 3.36. The number of carbonyl (C=O) groups excluding carboxylic acids is 1. The molecule has 40 heavy (non-hydrogen) atoms. The van der Waals surface area contributed by atoms with E-state index in [-0.39, 0.29) is 36.3 Å². The first kappa shape index (κ1) is 29.8. The second-order valence-corrected chi connectivity index (χ2v) is 12.6. The van der Waals surface area contributed by atoms with E-state index in [2.05, 4.69) is 17.2 Å². The van der Waals surface area contributed by atoms with E-state index in [4.69, 9.17) is 4.74 Å². The molecule has 2 aromatic carbocycles. The number of carbonyl (C=O) groups is 1. The molecule has 0 saturated heterocycles. The van der Waals surface area contributed by atoms with Crippen LogP contribution in [-0.2, 0) is 10.0 Å². The zero-order valence-electron chi connectivity index (χ0n) is 22.9. The largest absolute Gasteiger partial charge is 0.487 e. The lowest BCUT2D eigenvalue weighted by Crippen LogP contribution is -2.50. The highest BCUT2D eigenvalue weighted by molar-refractivity contribution is 7.89. The van der Waals surface area contributed by atoms with E-state index >= 15 is 0 Å². The summed E-state index contributed by atoms with van der Waals surface area (Å²) in [7, 11) is -2.44. The Labute approximate surface area is 235 Å². The number of likely N-dealkylation sites (N-methyl/N-ethyl adjacent to an activating group) is 1. The highest BCUT2D eigenvalue weighted by Gasteiger charge is 2.38. The Kier molecular flexibility index (Phi) is 9.05. The lowest BCUT2D eigenvalue weighted by Gasteiger charge is -2.37. The number of fused-ring (bicyclic) bond motifs is 1. The third-order valence-corrected chi connectivity index (χ3v) is 9.45. The molecule has 0 spiro atoms. The summed E-state index contributed by atoms with van der Waals surface area (Å²) in [4.78, 5) is 14.2. The highest BCUT2D eigenvalue weighted by atomic mass is 32.2. The highest BCUT2D eigenvalue weighted by Crippen LogP contribution is 2.34. The van der Waals surface area contributed by atoms with Gasteiger partial charge in [0.2, 0.25) is 10.0 Å². The van der Waals surface area contributed by atoms with Crippen molar-refractivity contribution in [3.8, 4) is 17.6 Å². The molecular weight excluding hydrogens is 537 g/mol. The summed E-state index contributed by atoms with van der Waals surface area (Å²) in [5.74, 6) is 5.21. The zero-order valence-corrected chi connectivity index (χ0v) is 23.7. The molecule has 9 nitrogen and oxygen atoms in total. The predicted molar refractivity (Wildman–Crippen MR) is 149 cm³/mol. The van der Waals surface area contributed by atoms with E-state index in [1.54, 1.807) is 26.1 Å². The SMILES string of the molecule is C[C@H]1CN([C@@H](C)CO)S(=O)(=O)c2ccc(C#CC3(O)CCCC3)cc2O[C@H]1CN(C)C(=O)Nc1ccc(F)cc1. The van der Waals surface area contributed by atoms with Gasteiger partial charge in [0.25, 0.3) is 0 Å². The number of hydrogen-bond donors (Lipinski definition) is 3. The molecule has 2 aromatic rings. The second kappa shape index (κ2) is 12.1. The summed E-state index contributed by atoms with van der Waals surface area (Å²) in [6.45, 7) is 3.27. The molecule has 3 N–H and O–H groups in total. The summed E-state index contributed by atoms with van der Waals surface area (Å²) >= 11 is 0. The van der Waals surface area contributed by atoms with Crippen molar-refractivity contribution in [3.63, 3.8) is 0 Å². The normalized spacial score (nSPS) is 22.4. The molecule has 0 bridgehead atoms. The number of hydrogen-bond acceptors (Lipinski definition) is 6. The number of urea groups is 1. The van der Waals surface area contributed by atoms with Crippen LogP contribution < -0.4 is 10.1 Å². The van der Waals surface area contributed by atoms with E-state index in [1.165, 1.54) is 39.5 Å². The Balaban J connectivity index is 1.65. The predicted octanol–water partition coefficient (Wildman–Crippen LogP) is 3.41. The van der Waals surface area contributed by atoms with E-state index in [0.717, 1.165) is 12.8 Å². The number of rotatable bonds is 5. The van der Waals surface area contributed by atoms with Crippen molar-refractivity contribution in [3.05, 3.63) is 53.8 Å². The third kappa shape index (κ3) is 6.75. The van der Waals surface area contributed by atoms with Crippen molar-refractivity contribution in [2.75, 3.05) is 32.1 Å². The van der Waals surface area contributed by atoms with Crippen LogP contribution in [0.3, 0.4) is 0 Å². The van der Waals surface area contributed by atoms with Gasteiger partial charge in [0, 0.05) is 36.8 Å². The van der Waals surface area contributed by atoms with Gasteiger partial charge in [-0.3, -0.25) is 0 Å². The topological polar surface area (TPSA) is 119 Å². The number of halogens is 1. The maximum Gasteiger partial charge on any atom is 0.321 e. The van der Waals surface area contributed by atoms with Gasteiger partial charge in [-0.1, -0.05) is 18.8 Å². The minimum atomic E-state index is -4.03. The molecule has 1 heterocycles. The number of aliphatic hydroxyl groups is 2. The molecule has 216 valence electrons. The Morgan fingerprint density at radius 3 is 2.58 bits per heavy atom. The first-order valence-corrected chi connectivity index (χ1v) is 14.8. The van der Waals surface area contributed by atoms with Crippen LogP contribution in [0.15, 0.2) is 47.4 Å². The van der Waals surface area contributed by atoms with Gasteiger partial charge < -0.3 is 25.2 Å². The summed E-state index contributed by atoms with van der Waals surface area (Å²) in [6, 6.07) is 8.83. The molecule has 0 radical (unpaired) electrons. The monoisotopic (exact) mass is 573 g/mol. The standard InChI is InChI=1S/C29H36FN3O6S/c1-20-17-33(21(2)19-34)40(37,38)27-11-6-22(12-15-29(36)13-4-5-14-29)16-25(27)39-26(20)18-32(3)28(35)31-24-9-7-23(30)8-10-24/h6-11,16,20-21,26,34,36H,4-5,13-14,17-19H2,1-3H3,(H,31,35)/t20-,21-,26-/m0/s1. The van der Waals surface area contributed by atoms with Crippen LogP contribution in [0.1, 0.15) is 45.1 Å². The number of anilines is 1. The molecule has 1 fully saturated rings. The van der Waals surface area contributed by atoms with Crippen LogP contribution in [0.25, 0.3) is 0 Å². The number of ether oxygens (including phenoxy) is 1. The lowest BCUT2D eigenvalue weighted by molar-refractivity contribution is 0.0830. The van der Waals surface area contributed by atoms with Crippen molar-refractivity contribution in [2.45, 2.75) is 62.2 Å². The Bertz CT molecular complexity index is 1380. The molecule has 1 aliphatic heterocycles.